The second kappa shape index (κ2) is 6.01. The smallest absolute Gasteiger partial charge is 0.243 e. The van der Waals surface area contributed by atoms with Gasteiger partial charge in [-0.3, -0.25) is 4.79 Å². The zero-order valence-electron chi connectivity index (χ0n) is 12.9. The van der Waals surface area contributed by atoms with E-state index in [1.54, 1.807) is 33.5 Å². The van der Waals surface area contributed by atoms with Gasteiger partial charge < -0.3 is 4.90 Å². The molecule has 5 nitrogen and oxygen atoms in total. The van der Waals surface area contributed by atoms with Gasteiger partial charge in [0.25, 0.3) is 0 Å². The first-order valence-electron chi connectivity index (χ1n) is 7.89. The molecule has 2 heterocycles. The van der Waals surface area contributed by atoms with Gasteiger partial charge in [0.15, 0.2) is 0 Å². The van der Waals surface area contributed by atoms with Crippen LogP contribution in [0.2, 0.25) is 0 Å². The quantitative estimate of drug-likeness (QED) is 0.857. The average Bonchev–Trinajstić information content (AvgIpc) is 2.93. The number of nitrogens with zero attached hydrogens (tertiary/aromatic N) is 2. The van der Waals surface area contributed by atoms with E-state index in [-0.39, 0.29) is 5.91 Å². The fraction of sp³-hybridized carbons (Fsp3) is 0.562. The molecular formula is C16H22N2O3S. The van der Waals surface area contributed by atoms with Crippen molar-refractivity contribution in [3.05, 3.63) is 24.3 Å². The van der Waals surface area contributed by atoms with Crippen LogP contribution in [0.5, 0.6) is 0 Å². The van der Waals surface area contributed by atoms with E-state index in [1.807, 2.05) is 0 Å². The summed E-state index contributed by atoms with van der Waals surface area (Å²) >= 11 is 0. The third kappa shape index (κ3) is 2.90. The molecule has 3 rings (SSSR count). The molecule has 0 spiro atoms. The number of anilines is 1. The summed E-state index contributed by atoms with van der Waals surface area (Å²) in [5.41, 5.74) is 0.786. The molecule has 120 valence electrons. The van der Waals surface area contributed by atoms with Crippen LogP contribution in [0, 0.1) is 5.92 Å². The SMILES string of the molecule is C[C@H]1CCCN(S(=O)(=O)c2ccc(N3CCCC3=O)cc2)C1. The van der Waals surface area contributed by atoms with Crippen molar-refractivity contribution in [3.63, 3.8) is 0 Å². The molecule has 1 atom stereocenters. The maximum atomic E-state index is 12.7. The molecule has 0 unspecified atom stereocenters. The fourth-order valence-corrected chi connectivity index (χ4v) is 4.83. The van der Waals surface area contributed by atoms with E-state index in [0.717, 1.165) is 24.9 Å². The minimum Gasteiger partial charge on any atom is -0.312 e. The first-order valence-corrected chi connectivity index (χ1v) is 9.33. The van der Waals surface area contributed by atoms with Gasteiger partial charge in [0.1, 0.15) is 0 Å². The molecule has 1 aromatic carbocycles. The van der Waals surface area contributed by atoms with Crippen LogP contribution in [0.15, 0.2) is 29.2 Å². The summed E-state index contributed by atoms with van der Waals surface area (Å²) < 4.78 is 26.9. The van der Waals surface area contributed by atoms with Gasteiger partial charge in [-0.25, -0.2) is 8.42 Å². The van der Waals surface area contributed by atoms with Crippen molar-refractivity contribution < 1.29 is 13.2 Å². The Morgan fingerprint density at radius 3 is 2.41 bits per heavy atom. The highest BCUT2D eigenvalue weighted by molar-refractivity contribution is 7.89. The summed E-state index contributed by atoms with van der Waals surface area (Å²) in [6.45, 7) is 3.99. The molecule has 0 saturated carbocycles. The molecule has 1 aromatic rings. The first kappa shape index (κ1) is 15.5. The predicted molar refractivity (Wildman–Crippen MR) is 85.2 cm³/mol. The summed E-state index contributed by atoms with van der Waals surface area (Å²) in [5, 5.41) is 0. The van der Waals surface area contributed by atoms with Crippen molar-refractivity contribution in [2.45, 2.75) is 37.5 Å². The van der Waals surface area contributed by atoms with Gasteiger partial charge in [-0.15, -0.1) is 0 Å². The highest BCUT2D eigenvalue weighted by Crippen LogP contribution is 2.26. The molecule has 2 aliphatic rings. The van der Waals surface area contributed by atoms with Crippen LogP contribution in [0.4, 0.5) is 5.69 Å². The van der Waals surface area contributed by atoms with E-state index < -0.39 is 10.0 Å². The van der Waals surface area contributed by atoms with E-state index in [1.165, 1.54) is 0 Å². The normalized spacial score (nSPS) is 24.0. The summed E-state index contributed by atoms with van der Waals surface area (Å²) in [6, 6.07) is 6.72. The molecule has 6 heteroatoms. The number of benzene rings is 1. The van der Waals surface area contributed by atoms with Crippen LogP contribution in [0.25, 0.3) is 0 Å². The molecular weight excluding hydrogens is 300 g/mol. The van der Waals surface area contributed by atoms with Crippen molar-refractivity contribution >= 4 is 21.6 Å². The van der Waals surface area contributed by atoms with Crippen molar-refractivity contribution in [1.29, 1.82) is 0 Å². The maximum Gasteiger partial charge on any atom is 0.243 e. The monoisotopic (exact) mass is 322 g/mol. The van der Waals surface area contributed by atoms with Crippen molar-refractivity contribution in [3.8, 4) is 0 Å². The molecule has 2 saturated heterocycles. The Bertz CT molecular complexity index is 654. The van der Waals surface area contributed by atoms with Gasteiger partial charge in [-0.05, 0) is 49.4 Å². The number of amides is 1. The second-order valence-electron chi connectivity index (χ2n) is 6.25. The molecule has 2 aliphatic heterocycles. The number of piperidine rings is 1. The lowest BCUT2D eigenvalue weighted by molar-refractivity contribution is -0.117. The number of carbonyl (C=O) groups is 1. The Hall–Kier alpha value is -1.40. The van der Waals surface area contributed by atoms with E-state index in [0.29, 0.717) is 36.9 Å². The molecule has 2 fully saturated rings. The Kier molecular flexibility index (Phi) is 4.23. The molecule has 0 N–H and O–H groups in total. The number of sulfonamides is 1. The number of hydrogen-bond donors (Lipinski definition) is 0. The standard InChI is InChI=1S/C16H22N2O3S/c1-13-4-2-10-17(12-13)22(20,21)15-8-6-14(7-9-15)18-11-3-5-16(18)19/h6-9,13H,2-5,10-12H2,1H3/t13-/m0/s1. The van der Waals surface area contributed by atoms with Gasteiger partial charge in [0.05, 0.1) is 4.90 Å². The summed E-state index contributed by atoms with van der Waals surface area (Å²) in [4.78, 5) is 13.8. The maximum absolute atomic E-state index is 12.7. The zero-order chi connectivity index (χ0) is 15.7. The Morgan fingerprint density at radius 2 is 1.82 bits per heavy atom. The van der Waals surface area contributed by atoms with Crippen LogP contribution >= 0.6 is 0 Å². The van der Waals surface area contributed by atoms with Crippen LogP contribution < -0.4 is 4.90 Å². The molecule has 0 radical (unpaired) electrons. The zero-order valence-corrected chi connectivity index (χ0v) is 13.7. The number of hydrogen-bond acceptors (Lipinski definition) is 3. The Morgan fingerprint density at radius 1 is 1.09 bits per heavy atom. The first-order chi connectivity index (χ1) is 10.5. The molecule has 0 aliphatic carbocycles. The largest absolute Gasteiger partial charge is 0.312 e. The van der Waals surface area contributed by atoms with Crippen molar-refractivity contribution in [2.24, 2.45) is 5.92 Å². The summed E-state index contributed by atoms with van der Waals surface area (Å²) in [6.07, 6.45) is 3.44. The van der Waals surface area contributed by atoms with Gasteiger partial charge in [-0.1, -0.05) is 6.92 Å². The molecule has 0 aromatic heterocycles. The number of carbonyl (C=O) groups excluding carboxylic acids is 1. The molecule has 22 heavy (non-hydrogen) atoms. The third-order valence-electron chi connectivity index (χ3n) is 4.48. The minimum absolute atomic E-state index is 0.112. The lowest BCUT2D eigenvalue weighted by Crippen LogP contribution is -2.39. The van der Waals surface area contributed by atoms with Crippen LogP contribution in [-0.4, -0.2) is 38.3 Å². The Labute approximate surface area is 132 Å². The van der Waals surface area contributed by atoms with E-state index in [2.05, 4.69) is 6.92 Å². The van der Waals surface area contributed by atoms with Gasteiger partial charge in [0.2, 0.25) is 15.9 Å². The van der Waals surface area contributed by atoms with Crippen LogP contribution in [0.1, 0.15) is 32.6 Å². The summed E-state index contributed by atoms with van der Waals surface area (Å²) in [7, 11) is -3.42. The van der Waals surface area contributed by atoms with Crippen molar-refractivity contribution in [1.82, 2.24) is 4.31 Å². The minimum atomic E-state index is -3.42. The molecule has 0 bridgehead atoms. The van der Waals surface area contributed by atoms with Crippen LogP contribution in [0.3, 0.4) is 0 Å². The number of rotatable bonds is 3. The average molecular weight is 322 g/mol. The lowest BCUT2D eigenvalue weighted by atomic mass is 10.0. The van der Waals surface area contributed by atoms with Gasteiger partial charge in [0, 0.05) is 31.7 Å². The van der Waals surface area contributed by atoms with Gasteiger partial charge in [-0.2, -0.15) is 4.31 Å². The predicted octanol–water partition coefficient (Wildman–Crippen LogP) is 2.23. The van der Waals surface area contributed by atoms with E-state index in [9.17, 15) is 13.2 Å². The van der Waals surface area contributed by atoms with Crippen molar-refractivity contribution in [2.75, 3.05) is 24.5 Å². The highest BCUT2D eigenvalue weighted by Gasteiger charge is 2.29. The summed E-state index contributed by atoms with van der Waals surface area (Å²) in [5.74, 6) is 0.519. The topological polar surface area (TPSA) is 57.7 Å². The van der Waals surface area contributed by atoms with Crippen LogP contribution in [-0.2, 0) is 14.8 Å². The third-order valence-corrected chi connectivity index (χ3v) is 6.36. The Balaban J connectivity index is 1.81. The lowest BCUT2D eigenvalue weighted by Gasteiger charge is -2.30. The van der Waals surface area contributed by atoms with E-state index in [4.69, 9.17) is 0 Å². The van der Waals surface area contributed by atoms with Gasteiger partial charge >= 0.3 is 0 Å². The van der Waals surface area contributed by atoms with E-state index >= 15 is 0 Å². The fourth-order valence-electron chi connectivity index (χ4n) is 3.23. The highest BCUT2D eigenvalue weighted by atomic mass is 32.2. The molecule has 1 amide bonds. The second-order valence-corrected chi connectivity index (χ2v) is 8.19.